The van der Waals surface area contributed by atoms with Gasteiger partial charge in [0.25, 0.3) is 0 Å². The van der Waals surface area contributed by atoms with Gasteiger partial charge >= 0.3 is 0 Å². The van der Waals surface area contributed by atoms with E-state index < -0.39 is 7.37 Å². The summed E-state index contributed by atoms with van der Waals surface area (Å²) in [4.78, 5) is 14.6. The van der Waals surface area contributed by atoms with Crippen molar-refractivity contribution >= 4 is 7.37 Å². The maximum atomic E-state index is 11.7. The molecule has 1 aromatic heterocycles. The maximum absolute atomic E-state index is 11.7. The smallest absolute Gasteiger partial charge is 0.200 e. The van der Waals surface area contributed by atoms with Crippen LogP contribution < -0.4 is 5.32 Å². The molecule has 5 heteroatoms. The average Bonchev–Trinajstić information content (AvgIpc) is 2.75. The summed E-state index contributed by atoms with van der Waals surface area (Å²) in [7, 11) is -2.93. The van der Waals surface area contributed by atoms with Crippen LogP contribution in [0.25, 0.3) is 22.4 Å². The van der Waals surface area contributed by atoms with Crippen LogP contribution in [-0.4, -0.2) is 28.7 Å². The van der Waals surface area contributed by atoms with Crippen molar-refractivity contribution in [2.45, 2.75) is 26.8 Å². The molecule has 1 heterocycles. The van der Waals surface area contributed by atoms with Gasteiger partial charge in [0.15, 0.2) is 7.37 Å². The Morgan fingerprint density at radius 1 is 1.00 bits per heavy atom. The highest BCUT2D eigenvalue weighted by Crippen LogP contribution is 2.39. The Balaban J connectivity index is 0.00000240. The van der Waals surface area contributed by atoms with Crippen LogP contribution in [0.2, 0.25) is 0 Å². The summed E-state index contributed by atoms with van der Waals surface area (Å²) < 4.78 is 11.7. The van der Waals surface area contributed by atoms with Gasteiger partial charge in [0.05, 0.1) is 11.4 Å². The monoisotopic (exact) mass is 412 g/mol. The number of aryl methyl sites for hydroxylation is 1. The first-order chi connectivity index (χ1) is 14.0. The van der Waals surface area contributed by atoms with E-state index in [1.165, 1.54) is 5.56 Å². The van der Waals surface area contributed by atoms with Crippen molar-refractivity contribution in [2.75, 3.05) is 18.9 Å². The molecule has 2 N–H and O–H groups in total. The zero-order valence-electron chi connectivity index (χ0n) is 17.1. The maximum Gasteiger partial charge on any atom is 0.200 e. The van der Waals surface area contributed by atoms with Gasteiger partial charge in [-0.05, 0) is 31.5 Å². The molecular formula is C24H33N2O2P. The Bertz CT molecular complexity index is 983. The van der Waals surface area contributed by atoms with Crippen LogP contribution in [-0.2, 0) is 11.1 Å². The van der Waals surface area contributed by atoms with E-state index in [0.29, 0.717) is 31.8 Å². The fourth-order valence-electron chi connectivity index (χ4n) is 3.21. The van der Waals surface area contributed by atoms with Crippen LogP contribution in [0.1, 0.15) is 27.5 Å². The van der Waals surface area contributed by atoms with Crippen LogP contribution in [0, 0.1) is 6.92 Å². The topological polar surface area (TPSA) is 62.2 Å². The van der Waals surface area contributed by atoms with Crippen molar-refractivity contribution in [2.24, 2.45) is 0 Å². The van der Waals surface area contributed by atoms with Crippen molar-refractivity contribution < 1.29 is 12.3 Å². The van der Waals surface area contributed by atoms with E-state index in [1.807, 2.05) is 18.2 Å². The van der Waals surface area contributed by atoms with Gasteiger partial charge in [0.1, 0.15) is 0 Å². The van der Waals surface area contributed by atoms with E-state index in [-0.39, 0.29) is 2.85 Å². The van der Waals surface area contributed by atoms with Gasteiger partial charge in [-0.25, -0.2) is 0 Å². The SMILES string of the molecule is CCP(=O)(O)CCCNCc1ccc(-c2ccc(C)cc2)c(-c2ccccc2)n1.[HH].[HH]. The fraction of sp³-hybridized carbons (Fsp3) is 0.292. The molecule has 0 aliphatic rings. The fourth-order valence-corrected chi connectivity index (χ4v) is 4.17. The lowest BCUT2D eigenvalue weighted by Gasteiger charge is -2.13. The van der Waals surface area contributed by atoms with E-state index in [9.17, 15) is 9.46 Å². The van der Waals surface area contributed by atoms with E-state index in [2.05, 4.69) is 60.8 Å². The van der Waals surface area contributed by atoms with E-state index >= 15 is 0 Å². The number of nitrogens with zero attached hydrogens (tertiary/aromatic N) is 1. The van der Waals surface area contributed by atoms with Gasteiger partial charge in [0, 0.05) is 32.8 Å². The molecular weight excluding hydrogens is 379 g/mol. The molecule has 1 atom stereocenters. The molecule has 156 valence electrons. The number of benzene rings is 2. The predicted molar refractivity (Wildman–Crippen MR) is 126 cm³/mol. The van der Waals surface area contributed by atoms with Gasteiger partial charge < -0.3 is 10.2 Å². The molecule has 0 fully saturated rings. The van der Waals surface area contributed by atoms with Crippen LogP contribution in [0.3, 0.4) is 0 Å². The van der Waals surface area contributed by atoms with Gasteiger partial charge in [-0.15, -0.1) is 0 Å². The van der Waals surface area contributed by atoms with Crippen molar-refractivity contribution in [1.29, 1.82) is 0 Å². The molecule has 0 radical (unpaired) electrons. The second kappa shape index (κ2) is 9.98. The molecule has 4 nitrogen and oxygen atoms in total. The average molecular weight is 413 g/mol. The number of hydrogen-bond acceptors (Lipinski definition) is 3. The first-order valence-electron chi connectivity index (χ1n) is 10.1. The van der Waals surface area contributed by atoms with E-state index in [0.717, 1.165) is 28.1 Å². The molecule has 2 aromatic carbocycles. The summed E-state index contributed by atoms with van der Waals surface area (Å²) in [5, 5.41) is 3.35. The number of rotatable bonds is 9. The summed E-state index contributed by atoms with van der Waals surface area (Å²) in [5.74, 6) is 0. The van der Waals surface area contributed by atoms with Crippen molar-refractivity contribution in [3.63, 3.8) is 0 Å². The third-order valence-corrected chi connectivity index (χ3v) is 7.03. The summed E-state index contributed by atoms with van der Waals surface area (Å²) in [5.41, 5.74) is 6.53. The molecule has 0 spiro atoms. The van der Waals surface area contributed by atoms with Crippen LogP contribution in [0.15, 0.2) is 66.7 Å². The molecule has 0 amide bonds. The molecule has 3 aromatic rings. The quantitative estimate of drug-likeness (QED) is 0.335. The van der Waals surface area contributed by atoms with Gasteiger partial charge in [0.2, 0.25) is 0 Å². The van der Waals surface area contributed by atoms with Gasteiger partial charge in [-0.3, -0.25) is 9.55 Å². The normalized spacial score (nSPS) is 13.2. The Morgan fingerprint density at radius 3 is 2.41 bits per heavy atom. The lowest BCUT2D eigenvalue weighted by Crippen LogP contribution is -2.17. The highest BCUT2D eigenvalue weighted by Gasteiger charge is 2.14. The van der Waals surface area contributed by atoms with E-state index in [4.69, 9.17) is 4.98 Å². The third-order valence-electron chi connectivity index (χ3n) is 5.02. The number of hydrogen-bond donors (Lipinski definition) is 2. The molecule has 3 rings (SSSR count). The first-order valence-corrected chi connectivity index (χ1v) is 12.2. The number of pyridine rings is 1. The molecule has 0 saturated heterocycles. The Hall–Kier alpha value is -2.26. The third kappa shape index (κ3) is 6.11. The minimum atomic E-state index is -2.93. The van der Waals surface area contributed by atoms with E-state index in [1.54, 1.807) is 6.92 Å². The Morgan fingerprint density at radius 2 is 1.72 bits per heavy atom. The van der Waals surface area contributed by atoms with Gasteiger partial charge in [-0.2, -0.15) is 0 Å². The molecule has 0 saturated carbocycles. The highest BCUT2D eigenvalue weighted by molar-refractivity contribution is 7.57. The summed E-state index contributed by atoms with van der Waals surface area (Å²) in [6, 6.07) is 22.9. The largest absolute Gasteiger partial charge is 0.344 e. The van der Waals surface area contributed by atoms with Crippen LogP contribution in [0.5, 0.6) is 0 Å². The second-order valence-corrected chi connectivity index (χ2v) is 10.1. The van der Waals surface area contributed by atoms with Crippen molar-refractivity contribution in [1.82, 2.24) is 10.3 Å². The summed E-state index contributed by atoms with van der Waals surface area (Å²) >= 11 is 0. The lowest BCUT2D eigenvalue weighted by atomic mass is 9.98. The lowest BCUT2D eigenvalue weighted by molar-refractivity contribution is 0.476. The first kappa shape index (κ1) is 21.4. The summed E-state index contributed by atoms with van der Waals surface area (Å²) in [6.45, 7) is 5.19. The predicted octanol–water partition coefficient (Wildman–Crippen LogP) is 5.99. The number of nitrogens with one attached hydrogen (secondary N) is 1. The van der Waals surface area contributed by atoms with Crippen LogP contribution in [0.4, 0.5) is 0 Å². The number of aromatic nitrogens is 1. The van der Waals surface area contributed by atoms with Crippen molar-refractivity contribution in [3.05, 3.63) is 78.0 Å². The zero-order valence-corrected chi connectivity index (χ0v) is 18.0. The second-order valence-electron chi connectivity index (χ2n) is 7.35. The Kier molecular flexibility index (Phi) is 7.38. The minimum Gasteiger partial charge on any atom is -0.344 e. The zero-order chi connectivity index (χ0) is 20.7. The molecule has 0 aliphatic carbocycles. The minimum absolute atomic E-state index is 0. The molecule has 0 aliphatic heterocycles. The standard InChI is InChI=1S/C24H29N2O2P.2H2/c1-3-29(27,28)17-7-16-25-18-22-14-15-23(20-12-10-19(2)11-13-20)24(26-22)21-8-5-4-6-9-21;;/h4-6,8-15,25H,3,7,16-18H2,1-2H3,(H,27,28);2*1H. The molecule has 29 heavy (non-hydrogen) atoms. The summed E-state index contributed by atoms with van der Waals surface area (Å²) in [6.07, 6.45) is 1.40. The van der Waals surface area contributed by atoms with Crippen molar-refractivity contribution in [3.8, 4) is 22.4 Å². The highest BCUT2D eigenvalue weighted by atomic mass is 31.2. The Labute approximate surface area is 176 Å². The molecule has 1 unspecified atom stereocenters. The molecule has 0 bridgehead atoms. The van der Waals surface area contributed by atoms with Gasteiger partial charge in [-0.1, -0.05) is 73.2 Å². The van der Waals surface area contributed by atoms with Crippen LogP contribution >= 0.6 is 7.37 Å².